The molecule has 0 radical (unpaired) electrons. The average Bonchev–Trinajstić information content (AvgIpc) is 3.39. The molecule has 11 heteroatoms. The second-order valence-electron chi connectivity index (χ2n) is 7.02. The number of amides is 3. The Morgan fingerprint density at radius 3 is 2.86 bits per heavy atom. The molecule has 5 rings (SSSR count). The molecule has 28 heavy (non-hydrogen) atoms. The standard InChI is InChI=1S/C17H20N8O3/c26-14-12(20-17(27)22-14)8-10-9-18-25-13(10)21-15(23-16(25)19-11-2-3-11)24-4-1-6-28-7-5-24/h8-9,11H,1-7H2,(H,19,21,23)(H2,20,22,26,27)/b12-8-. The summed E-state index contributed by atoms with van der Waals surface area (Å²) in [5.74, 6) is 0.748. The van der Waals surface area contributed by atoms with Gasteiger partial charge in [-0.15, -0.1) is 0 Å². The lowest BCUT2D eigenvalue weighted by molar-refractivity contribution is -0.115. The van der Waals surface area contributed by atoms with E-state index in [-0.39, 0.29) is 5.70 Å². The lowest BCUT2D eigenvalue weighted by Crippen LogP contribution is -2.28. The summed E-state index contributed by atoms with van der Waals surface area (Å²) >= 11 is 0. The molecule has 3 amide bonds. The molecule has 2 aromatic rings. The number of anilines is 2. The maximum Gasteiger partial charge on any atom is 0.326 e. The van der Waals surface area contributed by atoms with E-state index >= 15 is 0 Å². The molecule has 3 aliphatic rings. The summed E-state index contributed by atoms with van der Waals surface area (Å²) in [6.45, 7) is 2.87. The van der Waals surface area contributed by atoms with Gasteiger partial charge in [-0.05, 0) is 25.3 Å². The number of rotatable bonds is 4. The van der Waals surface area contributed by atoms with E-state index < -0.39 is 11.9 Å². The number of carbonyl (C=O) groups excluding carboxylic acids is 2. The predicted molar refractivity (Wildman–Crippen MR) is 99.7 cm³/mol. The number of nitrogens with one attached hydrogen (secondary N) is 3. The zero-order valence-electron chi connectivity index (χ0n) is 15.1. The maximum atomic E-state index is 11.9. The summed E-state index contributed by atoms with van der Waals surface area (Å²) in [6.07, 6.45) is 6.29. The Morgan fingerprint density at radius 2 is 2.07 bits per heavy atom. The van der Waals surface area contributed by atoms with E-state index in [0.717, 1.165) is 32.4 Å². The topological polar surface area (TPSA) is 126 Å². The lowest BCUT2D eigenvalue weighted by atomic mass is 10.2. The molecule has 146 valence electrons. The molecular weight excluding hydrogens is 364 g/mol. The van der Waals surface area contributed by atoms with Crippen LogP contribution in [0.15, 0.2) is 11.9 Å². The minimum atomic E-state index is -0.538. The molecule has 1 saturated carbocycles. The van der Waals surface area contributed by atoms with Crippen molar-refractivity contribution < 1.29 is 14.3 Å². The molecule has 2 aromatic heterocycles. The van der Waals surface area contributed by atoms with Gasteiger partial charge in [-0.2, -0.15) is 19.6 Å². The van der Waals surface area contributed by atoms with E-state index in [9.17, 15) is 9.59 Å². The fourth-order valence-electron chi connectivity index (χ4n) is 3.21. The molecule has 4 heterocycles. The first-order chi connectivity index (χ1) is 13.7. The number of hydrogen-bond acceptors (Lipinski definition) is 8. The third kappa shape index (κ3) is 3.24. The number of hydrogen-bond donors (Lipinski definition) is 3. The van der Waals surface area contributed by atoms with Crippen LogP contribution in [-0.2, 0) is 9.53 Å². The Balaban J connectivity index is 1.58. The van der Waals surface area contributed by atoms with Crippen molar-refractivity contribution in [3.05, 3.63) is 17.5 Å². The summed E-state index contributed by atoms with van der Waals surface area (Å²) in [4.78, 5) is 34.7. The quantitative estimate of drug-likeness (QED) is 0.501. The molecule has 1 aliphatic carbocycles. The van der Waals surface area contributed by atoms with Crippen molar-refractivity contribution in [2.75, 3.05) is 36.5 Å². The minimum absolute atomic E-state index is 0.167. The molecule has 0 bridgehead atoms. The number of urea groups is 1. The Morgan fingerprint density at radius 1 is 1.18 bits per heavy atom. The number of imide groups is 1. The van der Waals surface area contributed by atoms with E-state index in [2.05, 4.69) is 25.9 Å². The summed E-state index contributed by atoms with van der Waals surface area (Å²) in [6, 6.07) is -0.145. The van der Waals surface area contributed by atoms with Crippen LogP contribution in [0.3, 0.4) is 0 Å². The van der Waals surface area contributed by atoms with E-state index in [0.29, 0.717) is 42.3 Å². The zero-order chi connectivity index (χ0) is 19.1. The van der Waals surface area contributed by atoms with Crippen LogP contribution in [0, 0.1) is 0 Å². The number of nitrogens with zero attached hydrogens (tertiary/aromatic N) is 5. The van der Waals surface area contributed by atoms with E-state index in [1.165, 1.54) is 0 Å². The summed E-state index contributed by atoms with van der Waals surface area (Å²) in [7, 11) is 0. The molecular formula is C17H20N8O3. The third-order valence-electron chi connectivity index (χ3n) is 4.82. The molecule has 2 saturated heterocycles. The van der Waals surface area contributed by atoms with E-state index in [1.807, 2.05) is 0 Å². The van der Waals surface area contributed by atoms with Gasteiger partial charge in [0.1, 0.15) is 5.70 Å². The molecule has 0 unspecified atom stereocenters. The number of aromatic nitrogens is 4. The van der Waals surface area contributed by atoms with Crippen molar-refractivity contribution in [1.29, 1.82) is 0 Å². The van der Waals surface area contributed by atoms with E-state index in [4.69, 9.17) is 14.7 Å². The molecule has 0 spiro atoms. The zero-order valence-corrected chi connectivity index (χ0v) is 15.1. The fourth-order valence-corrected chi connectivity index (χ4v) is 3.21. The molecule has 0 aromatic carbocycles. The van der Waals surface area contributed by atoms with Crippen molar-refractivity contribution in [2.24, 2.45) is 0 Å². The van der Waals surface area contributed by atoms with E-state index in [1.54, 1.807) is 16.8 Å². The second-order valence-corrected chi connectivity index (χ2v) is 7.02. The van der Waals surface area contributed by atoms with Crippen molar-refractivity contribution in [1.82, 2.24) is 30.2 Å². The third-order valence-corrected chi connectivity index (χ3v) is 4.82. The smallest absolute Gasteiger partial charge is 0.326 e. The SMILES string of the molecule is O=C1NC(=O)/C(=C/c2cnn3c(NC4CC4)nc(N4CCCOCC4)nc23)N1. The Kier molecular flexibility index (Phi) is 4.08. The lowest BCUT2D eigenvalue weighted by Gasteiger charge is -2.20. The normalized spacial score (nSPS) is 21.7. The monoisotopic (exact) mass is 384 g/mol. The first kappa shape index (κ1) is 16.9. The highest BCUT2D eigenvalue weighted by Crippen LogP contribution is 2.26. The van der Waals surface area contributed by atoms with Crippen LogP contribution < -0.4 is 20.9 Å². The molecule has 3 fully saturated rings. The Bertz CT molecular complexity index is 972. The summed E-state index contributed by atoms with van der Waals surface area (Å²) in [5.41, 5.74) is 1.36. The Labute approximate surface area is 160 Å². The number of fused-ring (bicyclic) bond motifs is 1. The van der Waals surface area contributed by atoms with Gasteiger partial charge < -0.3 is 20.3 Å². The van der Waals surface area contributed by atoms with Crippen LogP contribution in [0.5, 0.6) is 0 Å². The highest BCUT2D eigenvalue weighted by molar-refractivity contribution is 6.14. The van der Waals surface area contributed by atoms with Crippen LogP contribution in [0.4, 0.5) is 16.7 Å². The van der Waals surface area contributed by atoms with Gasteiger partial charge >= 0.3 is 6.03 Å². The average molecular weight is 384 g/mol. The van der Waals surface area contributed by atoms with Gasteiger partial charge in [0.25, 0.3) is 5.91 Å². The summed E-state index contributed by atoms with van der Waals surface area (Å²) < 4.78 is 7.17. The summed E-state index contributed by atoms with van der Waals surface area (Å²) in [5, 5.41) is 12.5. The van der Waals surface area contributed by atoms with Gasteiger partial charge in [0, 0.05) is 31.3 Å². The van der Waals surface area contributed by atoms with Crippen LogP contribution >= 0.6 is 0 Å². The molecule has 0 atom stereocenters. The van der Waals surface area contributed by atoms with Gasteiger partial charge in [0.2, 0.25) is 11.9 Å². The van der Waals surface area contributed by atoms with Crippen molar-refractivity contribution in [2.45, 2.75) is 25.3 Å². The number of carbonyl (C=O) groups is 2. The highest BCUT2D eigenvalue weighted by atomic mass is 16.5. The van der Waals surface area contributed by atoms with Crippen LogP contribution in [0.25, 0.3) is 11.7 Å². The molecule has 11 nitrogen and oxygen atoms in total. The molecule has 2 aliphatic heterocycles. The maximum absolute atomic E-state index is 11.9. The highest BCUT2D eigenvalue weighted by Gasteiger charge is 2.26. The van der Waals surface area contributed by atoms with Gasteiger partial charge in [-0.25, -0.2) is 4.79 Å². The van der Waals surface area contributed by atoms with Gasteiger partial charge in [-0.1, -0.05) is 0 Å². The first-order valence-corrected chi connectivity index (χ1v) is 9.36. The van der Waals surface area contributed by atoms with Crippen molar-refractivity contribution >= 4 is 35.6 Å². The van der Waals surface area contributed by atoms with Crippen molar-refractivity contribution in [3.8, 4) is 0 Å². The predicted octanol–water partition coefficient (Wildman–Crippen LogP) is 0.106. The number of ether oxygens (including phenoxy) is 1. The first-order valence-electron chi connectivity index (χ1n) is 9.36. The van der Waals surface area contributed by atoms with Crippen LogP contribution in [-0.4, -0.2) is 63.9 Å². The van der Waals surface area contributed by atoms with Crippen LogP contribution in [0.1, 0.15) is 24.8 Å². The minimum Gasteiger partial charge on any atom is -0.380 e. The van der Waals surface area contributed by atoms with Crippen LogP contribution in [0.2, 0.25) is 0 Å². The fraction of sp³-hybridized carbons (Fsp3) is 0.471. The second kappa shape index (κ2) is 6.75. The van der Waals surface area contributed by atoms with Gasteiger partial charge in [0.15, 0.2) is 5.65 Å². The largest absolute Gasteiger partial charge is 0.380 e. The van der Waals surface area contributed by atoms with Crippen molar-refractivity contribution in [3.63, 3.8) is 0 Å². The Hall–Kier alpha value is -3.21. The van der Waals surface area contributed by atoms with Gasteiger partial charge in [-0.3, -0.25) is 10.1 Å². The molecule has 3 N–H and O–H groups in total. The van der Waals surface area contributed by atoms with Gasteiger partial charge in [0.05, 0.1) is 12.8 Å².